The van der Waals surface area contributed by atoms with Crippen molar-refractivity contribution in [2.24, 2.45) is 5.92 Å². The van der Waals surface area contributed by atoms with Crippen LogP contribution in [-0.4, -0.2) is 65.4 Å². The first-order chi connectivity index (χ1) is 9.83. The second-order valence-electron chi connectivity index (χ2n) is 5.46. The number of nitrogens with zero attached hydrogens (tertiary/aromatic N) is 4. The highest BCUT2D eigenvalue weighted by molar-refractivity contribution is 5.76. The van der Waals surface area contributed by atoms with Gasteiger partial charge in [0.1, 0.15) is 6.33 Å². The highest BCUT2D eigenvalue weighted by atomic mass is 16.5. The third kappa shape index (κ3) is 3.09. The first-order valence-electron chi connectivity index (χ1n) is 7.29. The molecule has 0 bridgehead atoms. The van der Waals surface area contributed by atoms with E-state index in [1.54, 1.807) is 0 Å². The summed E-state index contributed by atoms with van der Waals surface area (Å²) in [6, 6.07) is 0. The number of carbonyl (C=O) groups is 1. The van der Waals surface area contributed by atoms with Gasteiger partial charge >= 0.3 is 0 Å². The van der Waals surface area contributed by atoms with E-state index in [0.717, 1.165) is 58.2 Å². The van der Waals surface area contributed by atoms with Gasteiger partial charge in [0.25, 0.3) is 0 Å². The van der Waals surface area contributed by atoms with E-state index in [2.05, 4.69) is 20.1 Å². The smallest absolute Gasteiger partial charge is 0.223 e. The van der Waals surface area contributed by atoms with Gasteiger partial charge in [0.05, 0.1) is 0 Å². The molecule has 2 aliphatic heterocycles. The van der Waals surface area contributed by atoms with E-state index in [9.17, 15) is 4.79 Å². The molecule has 3 heterocycles. The molecule has 0 radical (unpaired) electrons. The molecule has 1 aromatic heterocycles. The van der Waals surface area contributed by atoms with Crippen molar-refractivity contribution in [3.63, 3.8) is 0 Å². The van der Waals surface area contributed by atoms with Gasteiger partial charge in [-0.05, 0) is 18.8 Å². The fourth-order valence-electron chi connectivity index (χ4n) is 2.86. The number of aromatic nitrogens is 3. The van der Waals surface area contributed by atoms with Crippen molar-refractivity contribution in [1.82, 2.24) is 20.1 Å². The molecule has 0 saturated carbocycles. The molecular weight excluding hydrogens is 258 g/mol. The maximum Gasteiger partial charge on any atom is 0.223 e. The van der Waals surface area contributed by atoms with E-state index in [-0.39, 0.29) is 5.91 Å². The summed E-state index contributed by atoms with van der Waals surface area (Å²) in [6.45, 7) is 4.72. The molecule has 0 aliphatic carbocycles. The molecule has 1 N–H and O–H groups in total. The van der Waals surface area contributed by atoms with Crippen LogP contribution in [0.15, 0.2) is 6.33 Å². The Morgan fingerprint density at radius 1 is 1.40 bits per heavy atom. The van der Waals surface area contributed by atoms with Gasteiger partial charge in [-0.1, -0.05) is 0 Å². The van der Waals surface area contributed by atoms with Crippen molar-refractivity contribution in [3.05, 3.63) is 6.33 Å². The highest BCUT2D eigenvalue weighted by Crippen LogP contribution is 2.19. The summed E-state index contributed by atoms with van der Waals surface area (Å²) < 4.78 is 5.44. The molecule has 7 heteroatoms. The summed E-state index contributed by atoms with van der Waals surface area (Å²) in [5.74, 6) is 1.46. The van der Waals surface area contributed by atoms with E-state index < -0.39 is 0 Å². The van der Waals surface area contributed by atoms with Crippen LogP contribution in [0.3, 0.4) is 0 Å². The summed E-state index contributed by atoms with van der Waals surface area (Å²) in [6.07, 6.45) is 4.33. The Labute approximate surface area is 118 Å². The normalized spacial score (nSPS) is 23.9. The van der Waals surface area contributed by atoms with Crippen LogP contribution in [0, 0.1) is 5.92 Å². The van der Waals surface area contributed by atoms with Crippen LogP contribution in [0.1, 0.15) is 19.3 Å². The topological polar surface area (TPSA) is 74.3 Å². The number of nitrogens with one attached hydrogen (secondary N) is 1. The zero-order chi connectivity index (χ0) is 13.8. The molecule has 0 spiro atoms. The summed E-state index contributed by atoms with van der Waals surface area (Å²) in [5, 5.41) is 6.72. The zero-order valence-electron chi connectivity index (χ0n) is 11.6. The molecule has 7 nitrogen and oxygen atoms in total. The third-order valence-electron chi connectivity index (χ3n) is 4.05. The van der Waals surface area contributed by atoms with Crippen molar-refractivity contribution in [2.75, 3.05) is 44.3 Å². The van der Waals surface area contributed by atoms with Crippen LogP contribution >= 0.6 is 0 Å². The number of carbonyl (C=O) groups excluding carboxylic acids is 1. The average Bonchev–Trinajstić information content (AvgIpc) is 3.03. The molecule has 110 valence electrons. The second kappa shape index (κ2) is 6.21. The maximum atomic E-state index is 12.3. The predicted molar refractivity (Wildman–Crippen MR) is 73.3 cm³/mol. The molecule has 1 atom stereocenters. The van der Waals surface area contributed by atoms with Crippen LogP contribution in [-0.2, 0) is 9.53 Å². The fraction of sp³-hybridized carbons (Fsp3) is 0.769. The second-order valence-corrected chi connectivity index (χ2v) is 5.46. The SMILES string of the molecule is O=C(C[C@@H]1CCCOC1)N1CCN(c2ncn[nH]2)CC1. The van der Waals surface area contributed by atoms with Crippen LogP contribution in [0.4, 0.5) is 5.95 Å². The lowest BCUT2D eigenvalue weighted by atomic mass is 9.98. The van der Waals surface area contributed by atoms with E-state index in [1.807, 2.05) is 4.90 Å². The monoisotopic (exact) mass is 279 g/mol. The van der Waals surface area contributed by atoms with Crippen LogP contribution in [0.5, 0.6) is 0 Å². The number of ether oxygens (including phenoxy) is 1. The van der Waals surface area contributed by atoms with Crippen LogP contribution < -0.4 is 4.90 Å². The summed E-state index contributed by atoms with van der Waals surface area (Å²) in [7, 11) is 0. The maximum absolute atomic E-state index is 12.3. The molecule has 1 amide bonds. The first kappa shape index (κ1) is 13.4. The number of hydrogen-bond donors (Lipinski definition) is 1. The van der Waals surface area contributed by atoms with Gasteiger partial charge in [-0.2, -0.15) is 10.1 Å². The Bertz CT molecular complexity index is 422. The fourth-order valence-corrected chi connectivity index (χ4v) is 2.86. The molecule has 0 unspecified atom stereocenters. The zero-order valence-corrected chi connectivity index (χ0v) is 11.6. The highest BCUT2D eigenvalue weighted by Gasteiger charge is 2.25. The Morgan fingerprint density at radius 2 is 2.25 bits per heavy atom. The minimum Gasteiger partial charge on any atom is -0.381 e. The van der Waals surface area contributed by atoms with Gasteiger partial charge in [-0.15, -0.1) is 0 Å². The van der Waals surface area contributed by atoms with Gasteiger partial charge in [0.15, 0.2) is 0 Å². The lowest BCUT2D eigenvalue weighted by Gasteiger charge is -2.35. The number of hydrogen-bond acceptors (Lipinski definition) is 5. The Balaban J connectivity index is 1.46. The summed E-state index contributed by atoms with van der Waals surface area (Å²) in [5.41, 5.74) is 0. The Hall–Kier alpha value is -1.63. The molecule has 20 heavy (non-hydrogen) atoms. The van der Waals surface area contributed by atoms with Gasteiger partial charge in [0.2, 0.25) is 11.9 Å². The van der Waals surface area contributed by atoms with Gasteiger partial charge < -0.3 is 14.5 Å². The van der Waals surface area contributed by atoms with E-state index in [1.165, 1.54) is 6.33 Å². The van der Waals surface area contributed by atoms with E-state index >= 15 is 0 Å². The molecule has 0 aromatic carbocycles. The van der Waals surface area contributed by atoms with E-state index in [4.69, 9.17) is 4.74 Å². The Kier molecular flexibility index (Phi) is 4.15. The summed E-state index contributed by atoms with van der Waals surface area (Å²) >= 11 is 0. The minimum absolute atomic E-state index is 0.262. The average molecular weight is 279 g/mol. The number of rotatable bonds is 3. The number of amides is 1. The van der Waals surface area contributed by atoms with Crippen molar-refractivity contribution in [2.45, 2.75) is 19.3 Å². The minimum atomic E-state index is 0.262. The van der Waals surface area contributed by atoms with Crippen LogP contribution in [0.2, 0.25) is 0 Å². The largest absolute Gasteiger partial charge is 0.381 e. The first-order valence-corrected chi connectivity index (χ1v) is 7.29. The van der Waals surface area contributed by atoms with Gasteiger partial charge in [0, 0.05) is 45.8 Å². The summed E-state index contributed by atoms with van der Waals surface area (Å²) in [4.78, 5) is 20.5. The number of H-pyrrole nitrogens is 1. The van der Waals surface area contributed by atoms with Crippen LogP contribution in [0.25, 0.3) is 0 Å². The van der Waals surface area contributed by atoms with Crippen molar-refractivity contribution in [1.29, 1.82) is 0 Å². The van der Waals surface area contributed by atoms with Crippen molar-refractivity contribution in [3.8, 4) is 0 Å². The third-order valence-corrected chi connectivity index (χ3v) is 4.05. The quantitative estimate of drug-likeness (QED) is 0.859. The molecular formula is C13H21N5O2. The van der Waals surface area contributed by atoms with Gasteiger partial charge in [-0.25, -0.2) is 5.10 Å². The van der Waals surface area contributed by atoms with Crippen molar-refractivity contribution < 1.29 is 9.53 Å². The standard InChI is InChI=1S/C13H21N5O2/c19-12(8-11-2-1-7-20-9-11)17-3-5-18(6-4-17)13-14-10-15-16-13/h10-11H,1-9H2,(H,14,15,16)/t11-/m0/s1. The van der Waals surface area contributed by atoms with Crippen molar-refractivity contribution >= 4 is 11.9 Å². The number of piperazine rings is 1. The van der Waals surface area contributed by atoms with Gasteiger partial charge in [-0.3, -0.25) is 4.79 Å². The Morgan fingerprint density at radius 3 is 2.90 bits per heavy atom. The lowest BCUT2D eigenvalue weighted by molar-refractivity contribution is -0.133. The molecule has 2 saturated heterocycles. The molecule has 2 fully saturated rings. The molecule has 3 rings (SSSR count). The number of anilines is 1. The molecule has 1 aromatic rings. The lowest BCUT2D eigenvalue weighted by Crippen LogP contribution is -2.49. The van der Waals surface area contributed by atoms with E-state index in [0.29, 0.717) is 12.3 Å². The number of aromatic amines is 1. The molecule has 2 aliphatic rings. The predicted octanol–water partition coefficient (Wildman–Crippen LogP) is 0.270.